The predicted molar refractivity (Wildman–Crippen MR) is 99.4 cm³/mol. The second-order valence-electron chi connectivity index (χ2n) is 6.36. The summed E-state index contributed by atoms with van der Waals surface area (Å²) in [5.41, 5.74) is 2.29. The van der Waals surface area contributed by atoms with E-state index in [1.807, 2.05) is 49.4 Å². The van der Waals surface area contributed by atoms with Crippen LogP contribution in [0.3, 0.4) is 0 Å². The molecule has 1 N–H and O–H groups in total. The highest BCUT2D eigenvalue weighted by atomic mass is 16.5. The van der Waals surface area contributed by atoms with E-state index in [9.17, 15) is 14.7 Å². The van der Waals surface area contributed by atoms with Gasteiger partial charge in [0.05, 0.1) is 6.61 Å². The molecular formula is C21H23NO4. The zero-order valence-electron chi connectivity index (χ0n) is 14.9. The highest BCUT2D eigenvalue weighted by Gasteiger charge is 2.32. The van der Waals surface area contributed by atoms with Crippen LogP contribution in [-0.2, 0) is 4.79 Å². The fourth-order valence-electron chi connectivity index (χ4n) is 3.40. The molecule has 1 saturated heterocycles. The minimum atomic E-state index is -0.934. The summed E-state index contributed by atoms with van der Waals surface area (Å²) < 4.78 is 5.68. The molecule has 2 aromatic carbocycles. The van der Waals surface area contributed by atoms with Crippen LogP contribution in [0.5, 0.6) is 5.75 Å². The van der Waals surface area contributed by atoms with Gasteiger partial charge in [-0.3, -0.25) is 4.79 Å². The Balaban J connectivity index is 1.92. The van der Waals surface area contributed by atoms with Gasteiger partial charge in [-0.2, -0.15) is 0 Å². The number of carboxylic acid groups (broad SMARTS) is 1. The topological polar surface area (TPSA) is 66.8 Å². The van der Waals surface area contributed by atoms with E-state index < -0.39 is 12.0 Å². The Morgan fingerprint density at radius 1 is 1.15 bits per heavy atom. The third-order valence-corrected chi connectivity index (χ3v) is 4.66. The molecule has 5 heteroatoms. The Morgan fingerprint density at radius 3 is 2.73 bits per heavy atom. The number of piperidine rings is 1. The van der Waals surface area contributed by atoms with Crippen molar-refractivity contribution in [2.45, 2.75) is 32.2 Å². The van der Waals surface area contributed by atoms with Crippen LogP contribution in [0, 0.1) is 0 Å². The van der Waals surface area contributed by atoms with Crippen molar-refractivity contribution in [2.24, 2.45) is 0 Å². The van der Waals surface area contributed by atoms with Gasteiger partial charge in [-0.1, -0.05) is 30.3 Å². The normalized spacial score (nSPS) is 17.0. The summed E-state index contributed by atoms with van der Waals surface area (Å²) in [5, 5.41) is 9.42. The van der Waals surface area contributed by atoms with Crippen LogP contribution in [-0.4, -0.2) is 41.1 Å². The van der Waals surface area contributed by atoms with E-state index in [2.05, 4.69) is 0 Å². The Bertz CT molecular complexity index is 802. The van der Waals surface area contributed by atoms with Gasteiger partial charge in [-0.05, 0) is 49.9 Å². The number of nitrogens with zero attached hydrogens (tertiary/aromatic N) is 1. The molecular weight excluding hydrogens is 330 g/mol. The highest BCUT2D eigenvalue weighted by molar-refractivity contribution is 5.98. The standard InChI is InChI=1S/C21H23NO4/c1-2-26-19-12-4-3-10-17(19)15-8-7-9-16(14-15)20(23)22-13-6-5-11-18(22)21(24)25/h3-4,7-10,12,14,18H,2,5-6,11,13H2,1H3,(H,24,25). The smallest absolute Gasteiger partial charge is 0.326 e. The van der Waals surface area contributed by atoms with E-state index in [0.29, 0.717) is 25.1 Å². The quantitative estimate of drug-likeness (QED) is 0.887. The van der Waals surface area contributed by atoms with Crippen LogP contribution < -0.4 is 4.74 Å². The SMILES string of the molecule is CCOc1ccccc1-c1cccc(C(=O)N2CCCCC2C(=O)O)c1. The number of hydrogen-bond donors (Lipinski definition) is 1. The number of benzene rings is 2. The fraction of sp³-hybridized carbons (Fsp3) is 0.333. The molecule has 1 fully saturated rings. The van der Waals surface area contributed by atoms with Gasteiger partial charge in [0, 0.05) is 17.7 Å². The molecule has 0 aliphatic carbocycles. The summed E-state index contributed by atoms with van der Waals surface area (Å²) in [7, 11) is 0. The third kappa shape index (κ3) is 3.72. The largest absolute Gasteiger partial charge is 0.493 e. The van der Waals surface area contributed by atoms with Crippen LogP contribution in [0.1, 0.15) is 36.5 Å². The minimum Gasteiger partial charge on any atom is -0.493 e. The first-order valence-corrected chi connectivity index (χ1v) is 8.98. The monoisotopic (exact) mass is 353 g/mol. The average Bonchev–Trinajstić information content (AvgIpc) is 2.68. The summed E-state index contributed by atoms with van der Waals surface area (Å²) in [6, 6.07) is 14.3. The maximum Gasteiger partial charge on any atom is 0.326 e. The first-order chi connectivity index (χ1) is 12.6. The lowest BCUT2D eigenvalue weighted by atomic mass is 9.98. The molecule has 26 heavy (non-hydrogen) atoms. The van der Waals surface area contributed by atoms with E-state index in [1.54, 1.807) is 6.07 Å². The Hall–Kier alpha value is -2.82. The van der Waals surface area contributed by atoms with Crippen molar-refractivity contribution >= 4 is 11.9 Å². The predicted octanol–water partition coefficient (Wildman–Crippen LogP) is 3.83. The molecule has 0 saturated carbocycles. The van der Waals surface area contributed by atoms with Crippen molar-refractivity contribution in [3.8, 4) is 16.9 Å². The maximum absolute atomic E-state index is 12.9. The molecule has 1 aliphatic heterocycles. The summed E-state index contributed by atoms with van der Waals surface area (Å²) in [4.78, 5) is 25.9. The molecule has 1 unspecified atom stereocenters. The van der Waals surface area contributed by atoms with Gasteiger partial charge >= 0.3 is 5.97 Å². The van der Waals surface area contributed by atoms with Gasteiger partial charge in [0.25, 0.3) is 5.91 Å². The molecule has 0 bridgehead atoms. The number of carboxylic acids is 1. The number of carbonyl (C=O) groups excluding carboxylic acids is 1. The lowest BCUT2D eigenvalue weighted by Gasteiger charge is -2.33. The Labute approximate surface area is 153 Å². The van der Waals surface area contributed by atoms with Gasteiger partial charge in [0.2, 0.25) is 0 Å². The summed E-state index contributed by atoms with van der Waals surface area (Å²) >= 11 is 0. The van der Waals surface area contributed by atoms with Crippen LogP contribution in [0.15, 0.2) is 48.5 Å². The first kappa shape index (κ1) is 18.0. The highest BCUT2D eigenvalue weighted by Crippen LogP contribution is 2.31. The molecule has 1 atom stereocenters. The number of rotatable bonds is 5. The van der Waals surface area contributed by atoms with Crippen LogP contribution in [0.4, 0.5) is 0 Å². The lowest BCUT2D eigenvalue weighted by molar-refractivity contribution is -0.143. The molecule has 0 spiro atoms. The molecule has 0 aromatic heterocycles. The van der Waals surface area contributed by atoms with E-state index in [-0.39, 0.29) is 5.91 Å². The summed E-state index contributed by atoms with van der Waals surface area (Å²) in [6.07, 6.45) is 2.18. The van der Waals surface area contributed by atoms with E-state index >= 15 is 0 Å². The number of ether oxygens (including phenoxy) is 1. The maximum atomic E-state index is 12.9. The molecule has 1 amide bonds. The van der Waals surface area contributed by atoms with Crippen molar-refractivity contribution in [2.75, 3.05) is 13.2 Å². The molecule has 5 nitrogen and oxygen atoms in total. The van der Waals surface area contributed by atoms with E-state index in [0.717, 1.165) is 29.7 Å². The molecule has 2 aromatic rings. The van der Waals surface area contributed by atoms with Gasteiger partial charge in [-0.25, -0.2) is 4.79 Å². The van der Waals surface area contributed by atoms with Crippen molar-refractivity contribution in [3.05, 3.63) is 54.1 Å². The minimum absolute atomic E-state index is 0.229. The van der Waals surface area contributed by atoms with Gasteiger partial charge < -0.3 is 14.7 Å². The molecule has 1 heterocycles. The van der Waals surface area contributed by atoms with E-state index in [4.69, 9.17) is 4.74 Å². The Kier molecular flexibility index (Phi) is 5.56. The van der Waals surface area contributed by atoms with Gasteiger partial charge in [0.1, 0.15) is 11.8 Å². The van der Waals surface area contributed by atoms with Crippen LogP contribution >= 0.6 is 0 Å². The molecule has 136 valence electrons. The van der Waals surface area contributed by atoms with E-state index in [1.165, 1.54) is 4.90 Å². The fourth-order valence-corrected chi connectivity index (χ4v) is 3.40. The second-order valence-corrected chi connectivity index (χ2v) is 6.36. The Morgan fingerprint density at radius 2 is 1.96 bits per heavy atom. The number of aliphatic carboxylic acids is 1. The van der Waals surface area contributed by atoms with Crippen molar-refractivity contribution in [1.29, 1.82) is 0 Å². The number of hydrogen-bond acceptors (Lipinski definition) is 3. The number of likely N-dealkylation sites (tertiary alicyclic amines) is 1. The molecule has 0 radical (unpaired) electrons. The lowest BCUT2D eigenvalue weighted by Crippen LogP contribution is -2.47. The molecule has 3 rings (SSSR count). The second kappa shape index (κ2) is 8.04. The van der Waals surface area contributed by atoms with Crippen LogP contribution in [0.25, 0.3) is 11.1 Å². The zero-order valence-corrected chi connectivity index (χ0v) is 14.9. The number of carbonyl (C=O) groups is 2. The van der Waals surface area contributed by atoms with Crippen molar-refractivity contribution in [3.63, 3.8) is 0 Å². The number of amides is 1. The summed E-state index contributed by atoms with van der Waals surface area (Å²) in [5.74, 6) is -0.398. The first-order valence-electron chi connectivity index (χ1n) is 8.98. The summed E-state index contributed by atoms with van der Waals surface area (Å²) in [6.45, 7) is 2.97. The number of para-hydroxylation sites is 1. The van der Waals surface area contributed by atoms with Gasteiger partial charge in [-0.15, -0.1) is 0 Å². The van der Waals surface area contributed by atoms with Crippen molar-refractivity contribution < 1.29 is 19.4 Å². The average molecular weight is 353 g/mol. The van der Waals surface area contributed by atoms with Crippen LogP contribution in [0.2, 0.25) is 0 Å². The molecule has 1 aliphatic rings. The third-order valence-electron chi connectivity index (χ3n) is 4.66. The van der Waals surface area contributed by atoms with Gasteiger partial charge in [0.15, 0.2) is 0 Å². The zero-order chi connectivity index (χ0) is 18.5. The van der Waals surface area contributed by atoms with Crippen molar-refractivity contribution in [1.82, 2.24) is 4.90 Å².